The van der Waals surface area contributed by atoms with E-state index in [1.165, 1.54) is 18.0 Å². The van der Waals surface area contributed by atoms with Crippen LogP contribution >= 0.6 is 11.8 Å². The Balaban J connectivity index is 1.77. The first-order valence-electron chi connectivity index (χ1n) is 6.72. The Labute approximate surface area is 130 Å². The van der Waals surface area contributed by atoms with Gasteiger partial charge in [0.05, 0.1) is 19.5 Å². The van der Waals surface area contributed by atoms with E-state index < -0.39 is 5.56 Å². The van der Waals surface area contributed by atoms with Gasteiger partial charge in [-0.15, -0.1) is 0 Å². The summed E-state index contributed by atoms with van der Waals surface area (Å²) in [5, 5.41) is 9.56. The fraction of sp³-hybridized carbons (Fsp3) is 0.357. The number of nitriles is 1. The van der Waals surface area contributed by atoms with Crippen LogP contribution in [0.5, 0.6) is 0 Å². The van der Waals surface area contributed by atoms with Crippen LogP contribution in [0.4, 0.5) is 0 Å². The van der Waals surface area contributed by atoms with Crippen LogP contribution in [-0.4, -0.2) is 35.2 Å². The van der Waals surface area contributed by atoms with Gasteiger partial charge in [-0.25, -0.2) is 4.98 Å². The molecule has 3 rings (SSSR count). The lowest BCUT2D eigenvalue weighted by molar-refractivity contribution is -0.0421. The van der Waals surface area contributed by atoms with E-state index in [1.54, 1.807) is 12.1 Å². The summed E-state index contributed by atoms with van der Waals surface area (Å²) >= 11 is 1.37. The minimum Gasteiger partial charge on any atom is -0.463 e. The number of hydrogen-bond donors (Lipinski definition) is 1. The van der Waals surface area contributed by atoms with Gasteiger partial charge in [0, 0.05) is 12.2 Å². The Morgan fingerprint density at radius 2 is 2.27 bits per heavy atom. The van der Waals surface area contributed by atoms with E-state index >= 15 is 0 Å². The topological polar surface area (TPSA) is 101 Å². The number of aromatic amines is 1. The van der Waals surface area contributed by atoms with E-state index in [1.807, 2.05) is 6.07 Å². The average Bonchev–Trinajstić information content (AvgIpc) is 3.20. The molecule has 0 radical (unpaired) electrons. The van der Waals surface area contributed by atoms with Gasteiger partial charge in [0.1, 0.15) is 17.3 Å². The molecule has 0 spiro atoms. The lowest BCUT2D eigenvalue weighted by atomic mass is 10.2. The number of H-pyrrole nitrogens is 1. The summed E-state index contributed by atoms with van der Waals surface area (Å²) in [6, 6.07) is 5.21. The zero-order valence-corrected chi connectivity index (χ0v) is 12.4. The summed E-state index contributed by atoms with van der Waals surface area (Å²) in [5.41, 5.74) is -0.270. The Morgan fingerprint density at radius 1 is 1.45 bits per heavy atom. The molecule has 1 saturated heterocycles. The third kappa shape index (κ3) is 3.22. The second-order valence-electron chi connectivity index (χ2n) is 4.49. The fourth-order valence-electron chi connectivity index (χ4n) is 2.04. The van der Waals surface area contributed by atoms with Gasteiger partial charge in [0.15, 0.2) is 17.2 Å². The zero-order chi connectivity index (χ0) is 15.4. The molecule has 0 unspecified atom stereocenters. The quantitative estimate of drug-likeness (QED) is 0.661. The average molecular weight is 319 g/mol. The van der Waals surface area contributed by atoms with Crippen molar-refractivity contribution in [2.24, 2.45) is 0 Å². The van der Waals surface area contributed by atoms with Gasteiger partial charge < -0.3 is 18.9 Å². The van der Waals surface area contributed by atoms with Crippen molar-refractivity contribution in [2.45, 2.75) is 17.9 Å². The Hall–Kier alpha value is -2.08. The molecule has 0 bridgehead atoms. The minimum atomic E-state index is -0.472. The van der Waals surface area contributed by atoms with Crippen LogP contribution in [0.2, 0.25) is 0 Å². The number of nitrogens with one attached hydrogen (secondary N) is 1. The lowest BCUT2D eigenvalue weighted by Crippen LogP contribution is -2.15. The molecule has 2 aromatic rings. The molecule has 114 valence electrons. The molecular formula is C14H13N3O4S. The minimum absolute atomic E-state index is 0.0539. The predicted octanol–water partition coefficient (Wildman–Crippen LogP) is 1.76. The Bertz CT molecular complexity index is 730. The number of aromatic nitrogens is 2. The Morgan fingerprint density at radius 3 is 2.95 bits per heavy atom. The molecule has 0 atom stereocenters. The van der Waals surface area contributed by atoms with Crippen molar-refractivity contribution in [3.63, 3.8) is 0 Å². The highest BCUT2D eigenvalue weighted by atomic mass is 32.2. The standard InChI is InChI=1S/C14H13N3O4S/c15-8-9-12(10-2-1-4-19-10)16-14(17-13(9)18)22-7-3-11-20-5-6-21-11/h1-2,4,11H,3,5-7H2,(H,16,17,18). The van der Waals surface area contributed by atoms with Gasteiger partial charge in [-0.2, -0.15) is 5.26 Å². The molecule has 1 aliphatic heterocycles. The lowest BCUT2D eigenvalue weighted by Gasteiger charge is -2.08. The van der Waals surface area contributed by atoms with Crippen molar-refractivity contribution < 1.29 is 13.9 Å². The first-order valence-corrected chi connectivity index (χ1v) is 7.71. The van der Waals surface area contributed by atoms with E-state index in [2.05, 4.69) is 9.97 Å². The van der Waals surface area contributed by atoms with Crippen molar-refractivity contribution in [1.82, 2.24) is 9.97 Å². The van der Waals surface area contributed by atoms with Crippen LogP contribution < -0.4 is 5.56 Å². The van der Waals surface area contributed by atoms with E-state index in [-0.39, 0.29) is 17.5 Å². The first kappa shape index (κ1) is 14.8. The molecule has 22 heavy (non-hydrogen) atoms. The number of thioether (sulfide) groups is 1. The summed E-state index contributed by atoms with van der Waals surface area (Å²) < 4.78 is 15.9. The maximum absolute atomic E-state index is 12.0. The van der Waals surface area contributed by atoms with E-state index in [9.17, 15) is 4.79 Å². The zero-order valence-electron chi connectivity index (χ0n) is 11.6. The fourth-order valence-corrected chi connectivity index (χ4v) is 2.87. The SMILES string of the molecule is N#Cc1c(-c2ccco2)nc(SCCC2OCCO2)[nH]c1=O. The molecule has 3 heterocycles. The summed E-state index contributed by atoms with van der Waals surface area (Å²) in [5.74, 6) is 1.07. The number of hydrogen-bond acceptors (Lipinski definition) is 7. The summed E-state index contributed by atoms with van der Waals surface area (Å²) in [6.45, 7) is 1.23. The number of furan rings is 1. The summed E-state index contributed by atoms with van der Waals surface area (Å²) in [7, 11) is 0. The molecule has 1 fully saturated rings. The number of nitrogens with zero attached hydrogens (tertiary/aromatic N) is 2. The van der Waals surface area contributed by atoms with Gasteiger partial charge >= 0.3 is 0 Å². The van der Waals surface area contributed by atoms with E-state index in [0.717, 1.165) is 0 Å². The monoisotopic (exact) mass is 319 g/mol. The van der Waals surface area contributed by atoms with Crippen LogP contribution in [0.3, 0.4) is 0 Å². The van der Waals surface area contributed by atoms with Crippen molar-refractivity contribution in [3.8, 4) is 17.5 Å². The molecule has 2 aromatic heterocycles. The van der Waals surface area contributed by atoms with Gasteiger partial charge in [-0.3, -0.25) is 4.79 Å². The molecule has 7 nitrogen and oxygen atoms in total. The van der Waals surface area contributed by atoms with E-state index in [4.69, 9.17) is 19.2 Å². The predicted molar refractivity (Wildman–Crippen MR) is 78.3 cm³/mol. The third-order valence-corrected chi connectivity index (χ3v) is 3.95. The maximum atomic E-state index is 12.0. The molecule has 0 amide bonds. The highest BCUT2D eigenvalue weighted by Crippen LogP contribution is 2.23. The smallest absolute Gasteiger partial charge is 0.270 e. The third-order valence-electron chi connectivity index (χ3n) is 3.05. The number of rotatable bonds is 5. The van der Waals surface area contributed by atoms with Crippen LogP contribution in [0, 0.1) is 11.3 Å². The van der Waals surface area contributed by atoms with Crippen LogP contribution in [0.25, 0.3) is 11.5 Å². The molecule has 0 aliphatic carbocycles. The second kappa shape index (κ2) is 6.79. The maximum Gasteiger partial charge on any atom is 0.270 e. The van der Waals surface area contributed by atoms with Crippen molar-refractivity contribution >= 4 is 11.8 Å². The molecule has 0 saturated carbocycles. The summed E-state index contributed by atoms with van der Waals surface area (Å²) in [6.07, 6.45) is 1.98. The largest absolute Gasteiger partial charge is 0.463 e. The van der Waals surface area contributed by atoms with Crippen LogP contribution in [-0.2, 0) is 9.47 Å². The van der Waals surface area contributed by atoms with Crippen molar-refractivity contribution in [3.05, 3.63) is 34.3 Å². The highest BCUT2D eigenvalue weighted by molar-refractivity contribution is 7.99. The van der Waals surface area contributed by atoms with Gasteiger partial charge in [0.25, 0.3) is 5.56 Å². The van der Waals surface area contributed by atoms with Gasteiger partial charge in [-0.1, -0.05) is 11.8 Å². The molecule has 1 aliphatic rings. The molecular weight excluding hydrogens is 306 g/mol. The molecule has 8 heteroatoms. The van der Waals surface area contributed by atoms with Crippen molar-refractivity contribution in [2.75, 3.05) is 19.0 Å². The number of ether oxygens (including phenoxy) is 2. The van der Waals surface area contributed by atoms with E-state index in [0.29, 0.717) is 36.3 Å². The van der Waals surface area contributed by atoms with Crippen molar-refractivity contribution in [1.29, 1.82) is 5.26 Å². The second-order valence-corrected chi connectivity index (χ2v) is 5.58. The highest BCUT2D eigenvalue weighted by Gasteiger charge is 2.18. The first-order chi connectivity index (χ1) is 10.8. The summed E-state index contributed by atoms with van der Waals surface area (Å²) in [4.78, 5) is 18.9. The van der Waals surface area contributed by atoms with Crippen LogP contribution in [0.1, 0.15) is 12.0 Å². The normalized spacial score (nSPS) is 15.0. The molecule has 1 N–H and O–H groups in total. The Kier molecular flexibility index (Phi) is 4.58. The van der Waals surface area contributed by atoms with Gasteiger partial charge in [0.2, 0.25) is 0 Å². The van der Waals surface area contributed by atoms with Crippen LogP contribution in [0.15, 0.2) is 32.8 Å². The van der Waals surface area contributed by atoms with Gasteiger partial charge in [-0.05, 0) is 12.1 Å². The molecule has 0 aromatic carbocycles.